The highest BCUT2D eigenvalue weighted by molar-refractivity contribution is 5.76. The predicted molar refractivity (Wildman–Crippen MR) is 120 cm³/mol. The van der Waals surface area contributed by atoms with E-state index in [1.165, 1.54) is 0 Å². The first kappa shape index (κ1) is 20.6. The van der Waals surface area contributed by atoms with Gasteiger partial charge in [0.15, 0.2) is 0 Å². The highest BCUT2D eigenvalue weighted by Crippen LogP contribution is 2.39. The van der Waals surface area contributed by atoms with Crippen molar-refractivity contribution in [1.82, 2.24) is 9.97 Å². The zero-order valence-electron chi connectivity index (χ0n) is 17.1. The van der Waals surface area contributed by atoms with Crippen LogP contribution in [0.1, 0.15) is 22.4 Å². The lowest BCUT2D eigenvalue weighted by Crippen LogP contribution is -2.40. The molecule has 4 rings (SSSR count). The summed E-state index contributed by atoms with van der Waals surface area (Å²) in [5.41, 5.74) is 9.40. The lowest BCUT2D eigenvalue weighted by Gasteiger charge is -2.35. The van der Waals surface area contributed by atoms with Crippen LogP contribution in [0.25, 0.3) is 0 Å². The molecular formula is C26H25N3O2. The van der Waals surface area contributed by atoms with Crippen LogP contribution in [0.5, 0.6) is 0 Å². The molecule has 0 fully saturated rings. The van der Waals surface area contributed by atoms with Gasteiger partial charge in [-0.2, -0.15) is 0 Å². The summed E-state index contributed by atoms with van der Waals surface area (Å²) in [6.45, 7) is 0.139. The Balaban J connectivity index is 1.71. The number of ether oxygens (including phenoxy) is 1. The average molecular weight is 412 g/mol. The summed E-state index contributed by atoms with van der Waals surface area (Å²) in [4.78, 5) is 19.8. The molecule has 4 aromatic rings. The van der Waals surface area contributed by atoms with Crippen LogP contribution in [0.4, 0.5) is 0 Å². The lowest BCUT2D eigenvalue weighted by atomic mass is 9.70. The highest BCUT2D eigenvalue weighted by atomic mass is 16.5. The van der Waals surface area contributed by atoms with E-state index < -0.39 is 17.4 Å². The van der Waals surface area contributed by atoms with E-state index >= 15 is 0 Å². The van der Waals surface area contributed by atoms with E-state index in [1.54, 1.807) is 12.5 Å². The molecule has 31 heavy (non-hydrogen) atoms. The Morgan fingerprint density at radius 3 is 1.77 bits per heavy atom. The second-order valence-corrected chi connectivity index (χ2v) is 7.50. The van der Waals surface area contributed by atoms with E-state index in [1.807, 2.05) is 54.6 Å². The Labute approximate surface area is 181 Å². The van der Waals surface area contributed by atoms with Gasteiger partial charge in [0, 0.05) is 18.3 Å². The van der Waals surface area contributed by atoms with Crippen molar-refractivity contribution in [2.75, 3.05) is 6.61 Å². The third-order valence-corrected chi connectivity index (χ3v) is 5.53. The largest absolute Gasteiger partial charge is 0.463 e. The number of nitrogens with one attached hydrogen (secondary N) is 1. The summed E-state index contributed by atoms with van der Waals surface area (Å²) < 4.78 is 5.88. The number of benzene rings is 3. The van der Waals surface area contributed by atoms with E-state index in [0.29, 0.717) is 6.42 Å². The smallest absolute Gasteiger partial charge is 0.323 e. The minimum absolute atomic E-state index is 0.139. The van der Waals surface area contributed by atoms with Crippen LogP contribution in [0, 0.1) is 0 Å². The van der Waals surface area contributed by atoms with E-state index in [-0.39, 0.29) is 6.61 Å². The minimum atomic E-state index is -0.777. The first-order valence-electron chi connectivity index (χ1n) is 10.3. The maximum Gasteiger partial charge on any atom is 0.323 e. The monoisotopic (exact) mass is 411 g/mol. The van der Waals surface area contributed by atoms with Crippen LogP contribution >= 0.6 is 0 Å². The van der Waals surface area contributed by atoms with Gasteiger partial charge in [-0.05, 0) is 16.7 Å². The Morgan fingerprint density at radius 1 is 0.871 bits per heavy atom. The summed E-state index contributed by atoms with van der Waals surface area (Å²) in [5.74, 6) is -0.443. The Kier molecular flexibility index (Phi) is 6.24. The second-order valence-electron chi connectivity index (χ2n) is 7.50. The van der Waals surface area contributed by atoms with Crippen molar-refractivity contribution in [3.63, 3.8) is 0 Å². The summed E-state index contributed by atoms with van der Waals surface area (Å²) in [6, 6.07) is 29.6. The molecule has 0 spiro atoms. The van der Waals surface area contributed by atoms with Crippen LogP contribution in [-0.4, -0.2) is 28.6 Å². The number of nitrogens with two attached hydrogens (primary N) is 1. The molecule has 5 nitrogen and oxygen atoms in total. The standard InChI is InChI=1S/C26H25N3O2/c27-24(16-23-17-28-19-29-23)25(30)31-18-26(20-10-4-1-5-11-20,21-12-6-2-7-13-21)22-14-8-3-9-15-22/h1-15,17,19,24H,16,18,27H2,(H,28,29)/t24-/m0/s1. The summed E-state index contributed by atoms with van der Waals surface area (Å²) >= 11 is 0. The van der Waals surface area contributed by atoms with Gasteiger partial charge in [-0.1, -0.05) is 91.0 Å². The van der Waals surface area contributed by atoms with Crippen LogP contribution in [0.2, 0.25) is 0 Å². The van der Waals surface area contributed by atoms with Crippen molar-refractivity contribution in [2.24, 2.45) is 5.73 Å². The average Bonchev–Trinajstić information content (AvgIpc) is 3.34. The number of carbonyl (C=O) groups is 1. The van der Waals surface area contributed by atoms with Crippen molar-refractivity contribution in [1.29, 1.82) is 0 Å². The molecule has 0 aliphatic carbocycles. The van der Waals surface area contributed by atoms with Gasteiger partial charge >= 0.3 is 5.97 Å². The topological polar surface area (TPSA) is 81.0 Å². The number of rotatable bonds is 8. The van der Waals surface area contributed by atoms with Gasteiger partial charge in [-0.25, -0.2) is 4.98 Å². The van der Waals surface area contributed by atoms with Crippen LogP contribution in [0.3, 0.4) is 0 Å². The predicted octanol–water partition coefficient (Wildman–Crippen LogP) is 3.86. The van der Waals surface area contributed by atoms with E-state index in [9.17, 15) is 4.79 Å². The second kappa shape index (κ2) is 9.41. The van der Waals surface area contributed by atoms with Gasteiger partial charge < -0.3 is 15.5 Å². The number of aromatic amines is 1. The van der Waals surface area contributed by atoms with Gasteiger partial charge in [0.2, 0.25) is 0 Å². The van der Waals surface area contributed by atoms with Crippen molar-refractivity contribution in [3.8, 4) is 0 Å². The number of H-pyrrole nitrogens is 1. The van der Waals surface area contributed by atoms with Crippen LogP contribution < -0.4 is 5.73 Å². The Hall–Kier alpha value is -3.70. The maximum absolute atomic E-state index is 12.8. The molecule has 5 heteroatoms. The molecule has 0 amide bonds. The molecule has 0 unspecified atom stereocenters. The number of esters is 1. The number of imidazole rings is 1. The summed E-state index contributed by atoms with van der Waals surface area (Å²) in [7, 11) is 0. The fraction of sp³-hybridized carbons (Fsp3) is 0.154. The Morgan fingerprint density at radius 2 is 1.35 bits per heavy atom. The molecule has 3 aromatic carbocycles. The van der Waals surface area contributed by atoms with Crippen LogP contribution in [0.15, 0.2) is 104 Å². The third-order valence-electron chi connectivity index (χ3n) is 5.53. The number of hydrogen-bond donors (Lipinski definition) is 2. The molecule has 0 aliphatic heterocycles. The molecule has 0 bridgehead atoms. The molecular weight excluding hydrogens is 386 g/mol. The van der Waals surface area contributed by atoms with Crippen LogP contribution in [-0.2, 0) is 21.4 Å². The van der Waals surface area contributed by atoms with Gasteiger partial charge in [-0.15, -0.1) is 0 Å². The van der Waals surface area contributed by atoms with Gasteiger partial charge in [0.05, 0.1) is 11.7 Å². The molecule has 3 N–H and O–H groups in total. The van der Waals surface area contributed by atoms with Crippen molar-refractivity contribution in [2.45, 2.75) is 17.9 Å². The Bertz CT molecular complexity index is 985. The number of carbonyl (C=O) groups excluding carboxylic acids is 1. The third kappa shape index (κ3) is 4.42. The van der Waals surface area contributed by atoms with Gasteiger partial charge in [0.1, 0.15) is 12.6 Å². The number of hydrogen-bond acceptors (Lipinski definition) is 4. The first-order chi connectivity index (χ1) is 15.2. The fourth-order valence-corrected chi connectivity index (χ4v) is 3.92. The first-order valence-corrected chi connectivity index (χ1v) is 10.3. The van der Waals surface area contributed by atoms with E-state index in [0.717, 1.165) is 22.4 Å². The van der Waals surface area contributed by atoms with Crippen molar-refractivity contribution < 1.29 is 9.53 Å². The lowest BCUT2D eigenvalue weighted by molar-refractivity contribution is -0.146. The molecule has 1 atom stereocenters. The number of aromatic nitrogens is 2. The molecule has 0 saturated heterocycles. The van der Waals surface area contributed by atoms with Crippen molar-refractivity contribution in [3.05, 3.63) is 126 Å². The fourth-order valence-electron chi connectivity index (χ4n) is 3.92. The zero-order valence-corrected chi connectivity index (χ0v) is 17.1. The molecule has 156 valence electrons. The van der Waals surface area contributed by atoms with E-state index in [4.69, 9.17) is 10.5 Å². The van der Waals surface area contributed by atoms with Gasteiger partial charge in [0.25, 0.3) is 0 Å². The SMILES string of the molecule is N[C@@H](Cc1cnc[nH]1)C(=O)OCC(c1ccccc1)(c1ccccc1)c1ccccc1. The summed E-state index contributed by atoms with van der Waals surface area (Å²) in [6.07, 6.45) is 3.57. The summed E-state index contributed by atoms with van der Waals surface area (Å²) in [5, 5.41) is 0. The molecule has 0 saturated carbocycles. The van der Waals surface area contributed by atoms with Gasteiger partial charge in [-0.3, -0.25) is 4.79 Å². The molecule has 0 radical (unpaired) electrons. The highest BCUT2D eigenvalue weighted by Gasteiger charge is 2.38. The molecule has 0 aliphatic rings. The maximum atomic E-state index is 12.8. The molecule has 1 heterocycles. The van der Waals surface area contributed by atoms with E-state index in [2.05, 4.69) is 46.4 Å². The minimum Gasteiger partial charge on any atom is -0.463 e. The quantitative estimate of drug-likeness (QED) is 0.341. The van der Waals surface area contributed by atoms with Crippen molar-refractivity contribution >= 4 is 5.97 Å². The zero-order chi connectivity index (χ0) is 21.5. The number of nitrogens with zero attached hydrogens (tertiary/aromatic N) is 1. The molecule has 1 aromatic heterocycles. The normalized spacial score (nSPS) is 12.3.